The predicted molar refractivity (Wildman–Crippen MR) is 146 cm³/mol. The molecule has 1 heterocycles. The predicted octanol–water partition coefficient (Wildman–Crippen LogP) is 7.75. The van der Waals surface area contributed by atoms with Gasteiger partial charge in [-0.15, -0.1) is 0 Å². The van der Waals surface area contributed by atoms with Crippen LogP contribution in [0.1, 0.15) is 125 Å². The fourth-order valence-electron chi connectivity index (χ4n) is 8.17. The number of unbranched alkanes of at least 4 members (excludes halogenated alkanes) is 10. The molecular formula is C32H54O5. The molecule has 212 valence electrons. The second-order valence-electron chi connectivity index (χ2n) is 13.4. The van der Waals surface area contributed by atoms with E-state index < -0.39 is 0 Å². The van der Waals surface area contributed by atoms with Gasteiger partial charge in [-0.3, -0.25) is 14.4 Å². The van der Waals surface area contributed by atoms with Crippen LogP contribution in [-0.2, 0) is 23.9 Å². The van der Waals surface area contributed by atoms with Crippen LogP contribution in [0.2, 0.25) is 0 Å². The fraction of sp³-hybridized carbons (Fsp3) is 0.906. The molecule has 2 aliphatic carbocycles. The Bertz CT molecular complexity index is 773. The van der Waals surface area contributed by atoms with Gasteiger partial charge in [-0.05, 0) is 68.6 Å². The van der Waals surface area contributed by atoms with Crippen molar-refractivity contribution in [2.75, 3.05) is 7.11 Å². The summed E-state index contributed by atoms with van der Waals surface area (Å²) in [6.45, 7) is 11.0. The Balaban J connectivity index is 1.24. The van der Waals surface area contributed by atoms with Gasteiger partial charge in [0.05, 0.1) is 24.4 Å². The summed E-state index contributed by atoms with van der Waals surface area (Å²) in [5, 5.41) is 0. The zero-order valence-electron chi connectivity index (χ0n) is 24.6. The first-order chi connectivity index (χ1) is 17.6. The Morgan fingerprint density at radius 1 is 0.784 bits per heavy atom. The number of carbonyl (C=O) groups is 3. The van der Waals surface area contributed by atoms with Crippen LogP contribution >= 0.6 is 0 Å². The molecule has 3 fully saturated rings. The second-order valence-corrected chi connectivity index (χ2v) is 13.4. The summed E-state index contributed by atoms with van der Waals surface area (Å²) in [4.78, 5) is 37.0. The van der Waals surface area contributed by atoms with Gasteiger partial charge in [-0.2, -0.15) is 0 Å². The monoisotopic (exact) mass is 518 g/mol. The molecule has 0 aromatic rings. The molecule has 0 amide bonds. The van der Waals surface area contributed by atoms with Crippen molar-refractivity contribution in [1.29, 1.82) is 0 Å². The summed E-state index contributed by atoms with van der Waals surface area (Å²) in [6.07, 6.45) is 16.2. The third kappa shape index (κ3) is 7.18. The van der Waals surface area contributed by atoms with E-state index in [0.29, 0.717) is 29.6 Å². The average Bonchev–Trinajstić information content (AvgIpc) is 3.44. The lowest BCUT2D eigenvalue weighted by atomic mass is 9.63. The fourth-order valence-corrected chi connectivity index (χ4v) is 8.17. The molecule has 5 nitrogen and oxygen atoms in total. The maximum Gasteiger partial charge on any atom is 0.317 e. The molecule has 0 radical (unpaired) electrons. The van der Waals surface area contributed by atoms with E-state index in [1.807, 2.05) is 13.8 Å². The lowest BCUT2D eigenvalue weighted by molar-refractivity contribution is -0.155. The van der Waals surface area contributed by atoms with Crippen LogP contribution in [0.25, 0.3) is 0 Å². The molecule has 1 saturated heterocycles. The van der Waals surface area contributed by atoms with Gasteiger partial charge >= 0.3 is 17.9 Å². The maximum absolute atomic E-state index is 12.7. The molecule has 3 aliphatic rings. The van der Waals surface area contributed by atoms with Gasteiger partial charge in [0.1, 0.15) is 0 Å². The van der Waals surface area contributed by atoms with Gasteiger partial charge in [-0.1, -0.05) is 91.4 Å². The topological polar surface area (TPSA) is 69.7 Å². The highest BCUT2D eigenvalue weighted by Gasteiger charge is 2.60. The van der Waals surface area contributed by atoms with Crippen molar-refractivity contribution in [2.24, 2.45) is 52.8 Å². The highest BCUT2D eigenvalue weighted by atomic mass is 16.6. The lowest BCUT2D eigenvalue weighted by Gasteiger charge is -2.39. The first-order valence-electron chi connectivity index (χ1n) is 15.4. The van der Waals surface area contributed by atoms with E-state index in [-0.39, 0.29) is 35.2 Å². The Kier molecular flexibility index (Phi) is 11.1. The Hall–Kier alpha value is -1.39. The number of rotatable bonds is 16. The molecule has 3 rings (SSSR count). The standard InChI is InChI=1S/C32H54O5/c1-21-22(2)26-20-25(21)23(3)27(26)28-24(29(33)37-30(28)34)18-16-14-12-10-8-7-9-11-13-15-17-19-32(4,5)31(35)36-6/h21-28H,7-20H2,1-6H3. The summed E-state index contributed by atoms with van der Waals surface area (Å²) >= 11 is 0. The number of hydrogen-bond donors (Lipinski definition) is 0. The summed E-state index contributed by atoms with van der Waals surface area (Å²) in [5.74, 6) is 2.52. The van der Waals surface area contributed by atoms with Crippen LogP contribution in [0.15, 0.2) is 0 Å². The van der Waals surface area contributed by atoms with Crippen molar-refractivity contribution in [2.45, 2.75) is 125 Å². The molecule has 37 heavy (non-hydrogen) atoms. The highest BCUT2D eigenvalue weighted by molar-refractivity contribution is 5.96. The van der Waals surface area contributed by atoms with E-state index in [1.54, 1.807) is 0 Å². The van der Waals surface area contributed by atoms with E-state index in [1.165, 1.54) is 64.9 Å². The van der Waals surface area contributed by atoms with Crippen molar-refractivity contribution >= 4 is 17.9 Å². The molecule has 0 aromatic heterocycles. The summed E-state index contributed by atoms with van der Waals surface area (Å²) < 4.78 is 10.1. The molecule has 0 aromatic carbocycles. The van der Waals surface area contributed by atoms with E-state index in [4.69, 9.17) is 9.47 Å². The normalized spacial score (nSPS) is 33.2. The van der Waals surface area contributed by atoms with E-state index in [9.17, 15) is 14.4 Å². The molecule has 2 saturated carbocycles. The molecule has 8 atom stereocenters. The first-order valence-corrected chi connectivity index (χ1v) is 15.4. The minimum absolute atomic E-state index is 0.108. The minimum atomic E-state index is -0.366. The smallest absolute Gasteiger partial charge is 0.317 e. The number of cyclic esters (lactones) is 2. The van der Waals surface area contributed by atoms with Crippen molar-refractivity contribution < 1.29 is 23.9 Å². The third-order valence-electron chi connectivity index (χ3n) is 10.7. The quantitative estimate of drug-likeness (QED) is 0.119. The first kappa shape index (κ1) is 30.2. The summed E-state index contributed by atoms with van der Waals surface area (Å²) in [6, 6.07) is 0. The molecule has 8 unspecified atom stereocenters. The van der Waals surface area contributed by atoms with Gasteiger partial charge in [0.25, 0.3) is 0 Å². The van der Waals surface area contributed by atoms with Crippen LogP contribution in [0.3, 0.4) is 0 Å². The molecule has 0 spiro atoms. The lowest BCUT2D eigenvalue weighted by Crippen LogP contribution is -2.39. The average molecular weight is 519 g/mol. The van der Waals surface area contributed by atoms with E-state index in [0.717, 1.165) is 38.0 Å². The van der Waals surface area contributed by atoms with E-state index >= 15 is 0 Å². The van der Waals surface area contributed by atoms with Gasteiger partial charge in [-0.25, -0.2) is 0 Å². The number of hydrogen-bond acceptors (Lipinski definition) is 5. The second kappa shape index (κ2) is 13.6. The Labute approximate surface area is 226 Å². The number of esters is 3. The van der Waals surface area contributed by atoms with Crippen LogP contribution in [0.4, 0.5) is 0 Å². The van der Waals surface area contributed by atoms with Crippen LogP contribution in [0, 0.1) is 52.8 Å². The molecule has 0 N–H and O–H groups in total. The van der Waals surface area contributed by atoms with Gasteiger partial charge in [0, 0.05) is 0 Å². The largest absolute Gasteiger partial charge is 0.469 e. The van der Waals surface area contributed by atoms with E-state index in [2.05, 4.69) is 20.8 Å². The third-order valence-corrected chi connectivity index (χ3v) is 10.7. The maximum atomic E-state index is 12.7. The van der Waals surface area contributed by atoms with Crippen molar-refractivity contribution in [3.8, 4) is 0 Å². The van der Waals surface area contributed by atoms with Gasteiger partial charge in [0.2, 0.25) is 0 Å². The number of methoxy groups -OCH3 is 1. The van der Waals surface area contributed by atoms with Gasteiger partial charge in [0.15, 0.2) is 0 Å². The van der Waals surface area contributed by atoms with Crippen molar-refractivity contribution in [1.82, 2.24) is 0 Å². The van der Waals surface area contributed by atoms with Crippen LogP contribution in [-0.4, -0.2) is 25.0 Å². The molecule has 1 aliphatic heterocycles. The minimum Gasteiger partial charge on any atom is -0.469 e. The van der Waals surface area contributed by atoms with Gasteiger partial charge < -0.3 is 9.47 Å². The zero-order chi connectivity index (χ0) is 27.2. The molecule has 2 bridgehead atoms. The van der Waals surface area contributed by atoms with Crippen LogP contribution < -0.4 is 0 Å². The summed E-state index contributed by atoms with van der Waals surface area (Å²) in [5.41, 5.74) is -0.366. The molecule has 5 heteroatoms. The zero-order valence-corrected chi connectivity index (χ0v) is 24.6. The van der Waals surface area contributed by atoms with Crippen molar-refractivity contribution in [3.05, 3.63) is 0 Å². The summed E-state index contributed by atoms with van der Waals surface area (Å²) in [7, 11) is 1.47. The number of ether oxygens (including phenoxy) is 2. The Morgan fingerprint density at radius 2 is 1.30 bits per heavy atom. The Morgan fingerprint density at radius 3 is 1.84 bits per heavy atom. The number of fused-ring (bicyclic) bond motifs is 2. The van der Waals surface area contributed by atoms with Crippen LogP contribution in [0.5, 0.6) is 0 Å². The number of carbonyl (C=O) groups excluding carboxylic acids is 3. The molecular weight excluding hydrogens is 464 g/mol. The highest BCUT2D eigenvalue weighted by Crippen LogP contribution is 2.61. The van der Waals surface area contributed by atoms with Crippen molar-refractivity contribution in [3.63, 3.8) is 0 Å². The SMILES string of the molecule is COC(=O)C(C)(C)CCCCCCCCCCCCCC1C(=O)OC(=O)C1C1C(C)C2CC1C(C)C2C.